The Balaban J connectivity index is 0.000000181. The lowest BCUT2D eigenvalue weighted by atomic mass is 10.0. The number of anilines is 3. The maximum Gasteiger partial charge on any atom is 0.244 e. The van der Waals surface area contributed by atoms with Gasteiger partial charge in [0.25, 0.3) is 0 Å². The van der Waals surface area contributed by atoms with Crippen LogP contribution >= 0.6 is 69.6 Å². The summed E-state index contributed by atoms with van der Waals surface area (Å²) < 4.78 is 0. The number of halogens is 6. The standard InChI is InChI=1S/C30H31Cl2N5O2.C30H30Cl2N4O2.C28H26Cl2N4O3/c1-35-11-13-36(14-12-35)21-30(39)37(20-29(38)34-28-17-26(31)16-27(32)18-28)10-9-22-5-7-24(8-6-22)25-4-2-3-23(15-25)19-33;31-26-17-27(32)19-28(18-26)34-29(37)21-36(30(38)11-14-35-12-1-2-13-35)15-10-22-6-8-24(9-7-22)25-5-3-4-23(16-25)20-33;29-23-11-24(30)13-25(12-23)32-27(36)17-34(28(37)18-33-9-8-26(35)16-33)15-19-4-6-21(7-5-19)22-3-1-2-20(10-22)14-31/h2-8,15-18H,9-14,20-21H2,1H3,(H,34,38);3-9,16-19H,1-2,10-15,21H2,(H,34,37);1-7,10-13,26,35H,8-9,15-18H2,(H,32,36)/t;;26-/m..1/s1. The van der Waals surface area contributed by atoms with Gasteiger partial charge in [-0.1, -0.05) is 179 Å². The summed E-state index contributed by atoms with van der Waals surface area (Å²) >= 11 is 36.3. The maximum atomic E-state index is 13.3. The summed E-state index contributed by atoms with van der Waals surface area (Å²) in [5.74, 6) is -1.32. The normalized spacial score (nSPS) is 14.1. The molecule has 20 nitrogen and oxygen atoms in total. The molecule has 3 aliphatic rings. The lowest BCUT2D eigenvalue weighted by molar-refractivity contribution is -0.136. The summed E-state index contributed by atoms with van der Waals surface area (Å²) in [4.78, 5) is 91.6. The van der Waals surface area contributed by atoms with Gasteiger partial charge in [0.2, 0.25) is 35.4 Å². The Morgan fingerprint density at radius 3 is 1.15 bits per heavy atom. The molecule has 6 amide bonds. The van der Waals surface area contributed by atoms with Crippen LogP contribution in [0.3, 0.4) is 0 Å². The number of aliphatic hydroxyl groups excluding tert-OH is 1. The van der Waals surface area contributed by atoms with E-state index in [4.69, 9.17) is 80.1 Å². The third-order valence-electron chi connectivity index (χ3n) is 19.5. The van der Waals surface area contributed by atoms with Crippen molar-refractivity contribution >= 4 is 122 Å². The number of carbonyl (C=O) groups is 6. The predicted octanol–water partition coefficient (Wildman–Crippen LogP) is 15.4. The number of nitriles is 3. The second-order valence-corrected chi connectivity index (χ2v) is 30.8. The van der Waals surface area contributed by atoms with Gasteiger partial charge in [0.1, 0.15) is 6.54 Å². The first-order valence-electron chi connectivity index (χ1n) is 37.4. The van der Waals surface area contributed by atoms with Crippen LogP contribution in [-0.2, 0) is 48.2 Å². The number of hydrogen-bond donors (Lipinski definition) is 4. The minimum atomic E-state index is -0.441. The zero-order valence-electron chi connectivity index (χ0n) is 63.0. The van der Waals surface area contributed by atoms with Gasteiger partial charge in [-0.15, -0.1) is 0 Å². The molecular weight excluding hydrogens is 1560 g/mol. The van der Waals surface area contributed by atoms with Crippen molar-refractivity contribution < 1.29 is 33.9 Å². The van der Waals surface area contributed by atoms with Crippen molar-refractivity contribution in [3.05, 3.63) is 264 Å². The van der Waals surface area contributed by atoms with E-state index in [2.05, 4.69) is 55.9 Å². The van der Waals surface area contributed by atoms with Gasteiger partial charge in [0, 0.05) is 119 Å². The number of hydrogen-bond acceptors (Lipinski definition) is 14. The molecule has 0 unspecified atom stereocenters. The number of likely N-dealkylation sites (tertiary alicyclic amines) is 2. The van der Waals surface area contributed by atoms with Crippen LogP contribution in [0.5, 0.6) is 0 Å². The Kier molecular flexibility index (Phi) is 32.8. The summed E-state index contributed by atoms with van der Waals surface area (Å²) in [5.41, 5.74) is 12.1. The Labute approximate surface area is 695 Å². The fourth-order valence-electron chi connectivity index (χ4n) is 13.4. The third-order valence-corrected chi connectivity index (χ3v) is 20.8. The zero-order chi connectivity index (χ0) is 81.0. The van der Waals surface area contributed by atoms with Crippen molar-refractivity contribution in [1.29, 1.82) is 15.8 Å². The fraction of sp³-hybridized carbons (Fsp3) is 0.284. The first kappa shape index (κ1) is 86.2. The number of likely N-dealkylation sites (N-methyl/N-ethyl adjacent to an activating group) is 1. The molecule has 9 aromatic rings. The summed E-state index contributed by atoms with van der Waals surface area (Å²) in [7, 11) is 2.07. The van der Waals surface area contributed by atoms with Crippen molar-refractivity contribution in [2.45, 2.75) is 51.2 Å². The van der Waals surface area contributed by atoms with Gasteiger partial charge in [-0.3, -0.25) is 38.6 Å². The van der Waals surface area contributed by atoms with Gasteiger partial charge in [-0.2, -0.15) is 15.8 Å². The summed E-state index contributed by atoms with van der Waals surface area (Å²) in [6, 6.07) is 67.0. The van der Waals surface area contributed by atoms with E-state index in [1.54, 1.807) is 82.6 Å². The van der Waals surface area contributed by atoms with E-state index < -0.39 is 6.10 Å². The minimum absolute atomic E-state index is 0.0406. The molecule has 4 N–H and O–H groups in total. The highest BCUT2D eigenvalue weighted by molar-refractivity contribution is 6.36. The van der Waals surface area contributed by atoms with Crippen LogP contribution in [0.15, 0.2) is 200 Å². The molecule has 3 saturated heterocycles. The number of amides is 6. The molecule has 114 heavy (non-hydrogen) atoms. The molecule has 3 fully saturated rings. The number of nitrogens with one attached hydrogen (secondary N) is 3. The van der Waals surface area contributed by atoms with Crippen LogP contribution in [0.1, 0.15) is 59.1 Å². The van der Waals surface area contributed by atoms with Crippen LogP contribution in [0.2, 0.25) is 30.1 Å². The van der Waals surface area contributed by atoms with Crippen LogP contribution in [0.25, 0.3) is 33.4 Å². The number of aliphatic hydroxyl groups is 1. The van der Waals surface area contributed by atoms with Crippen molar-refractivity contribution in [2.75, 3.05) is 128 Å². The first-order chi connectivity index (χ1) is 55.0. The number of β-amino-alcohol motifs (C(OH)–C–C–N with tert-alkyl or cyclic N) is 1. The molecule has 26 heteroatoms. The monoisotopic (exact) mass is 1650 g/mol. The van der Waals surface area contributed by atoms with Crippen LogP contribution in [-0.4, -0.2) is 193 Å². The SMILES string of the molecule is CN1CCN(CC(=O)N(CCc2ccc(-c3cccc(C#N)c3)cc2)CC(=O)Nc2cc(Cl)cc(Cl)c2)CC1.N#Cc1cccc(-c2ccc(CCN(CC(=O)Nc3cc(Cl)cc(Cl)c3)C(=O)CCN3CCCC3)cc2)c1.N#Cc1cccc(-c2ccc(CN(CC(=O)Nc3cc(Cl)cc(Cl)c3)C(=O)CN3CC[C@@H](O)C3)cc2)c1. The lowest BCUT2D eigenvalue weighted by Crippen LogP contribution is -2.50. The molecule has 0 saturated carbocycles. The summed E-state index contributed by atoms with van der Waals surface area (Å²) in [6.45, 7) is 8.43. The molecular formula is C88H87Cl6N13O7. The summed E-state index contributed by atoms with van der Waals surface area (Å²) in [6.07, 6.45) is 4.11. The highest BCUT2D eigenvalue weighted by atomic mass is 35.5. The van der Waals surface area contributed by atoms with E-state index in [1.165, 1.54) is 17.7 Å². The van der Waals surface area contributed by atoms with Crippen molar-refractivity contribution in [3.63, 3.8) is 0 Å². The van der Waals surface area contributed by atoms with Gasteiger partial charge >= 0.3 is 0 Å². The second kappa shape index (κ2) is 43.3. The molecule has 12 rings (SSSR count). The molecule has 3 aliphatic heterocycles. The Morgan fingerprint density at radius 1 is 0.412 bits per heavy atom. The highest BCUT2D eigenvalue weighted by Crippen LogP contribution is 2.29. The quantitative estimate of drug-likeness (QED) is 0.0374. The van der Waals surface area contributed by atoms with E-state index in [-0.39, 0.29) is 74.7 Å². The van der Waals surface area contributed by atoms with Crippen LogP contribution in [0.4, 0.5) is 17.1 Å². The van der Waals surface area contributed by atoms with E-state index in [9.17, 15) is 39.1 Å². The van der Waals surface area contributed by atoms with Crippen molar-refractivity contribution in [2.24, 2.45) is 0 Å². The Bertz CT molecular complexity index is 4900. The van der Waals surface area contributed by atoms with Gasteiger partial charge in [-0.25, -0.2) is 0 Å². The van der Waals surface area contributed by atoms with Crippen LogP contribution < -0.4 is 16.0 Å². The van der Waals surface area contributed by atoms with Gasteiger partial charge < -0.3 is 45.6 Å². The average molecular weight is 1650 g/mol. The molecule has 1 atom stereocenters. The summed E-state index contributed by atoms with van der Waals surface area (Å²) in [5, 5.41) is 48.2. The van der Waals surface area contributed by atoms with Gasteiger partial charge in [-0.05, 0) is 193 Å². The largest absolute Gasteiger partial charge is 0.392 e. The second-order valence-electron chi connectivity index (χ2n) is 28.2. The van der Waals surface area contributed by atoms with Crippen molar-refractivity contribution in [3.8, 4) is 51.6 Å². The third kappa shape index (κ3) is 27.8. The number of nitrogens with zero attached hydrogens (tertiary/aromatic N) is 10. The minimum Gasteiger partial charge on any atom is -0.392 e. The number of carbonyl (C=O) groups excluding carboxylic acids is 6. The van der Waals surface area contributed by atoms with Crippen molar-refractivity contribution in [1.82, 2.24) is 34.3 Å². The highest BCUT2D eigenvalue weighted by Gasteiger charge is 2.28. The average Bonchev–Trinajstić information content (AvgIpc) is 1.13. The van der Waals surface area contributed by atoms with Gasteiger partial charge in [0.15, 0.2) is 0 Å². The number of benzene rings is 9. The van der Waals surface area contributed by atoms with E-state index in [1.807, 2.05) is 132 Å². The molecule has 588 valence electrons. The molecule has 9 aromatic carbocycles. The predicted molar refractivity (Wildman–Crippen MR) is 452 cm³/mol. The van der Waals surface area contributed by atoms with E-state index in [0.29, 0.717) is 122 Å². The zero-order valence-corrected chi connectivity index (χ0v) is 67.6. The number of piperazine rings is 1. The first-order valence-corrected chi connectivity index (χ1v) is 39.7. The van der Waals surface area contributed by atoms with E-state index in [0.717, 1.165) is 89.3 Å². The Hall–Kier alpha value is -10.2. The molecule has 0 bridgehead atoms. The molecule has 0 aromatic heterocycles. The fourth-order valence-corrected chi connectivity index (χ4v) is 14.9. The number of rotatable bonds is 27. The lowest BCUT2D eigenvalue weighted by Gasteiger charge is -2.33. The topological polar surface area (TPSA) is 253 Å². The van der Waals surface area contributed by atoms with E-state index >= 15 is 0 Å². The molecule has 0 aliphatic carbocycles. The molecule has 3 heterocycles. The Morgan fingerprint density at radius 2 is 0.772 bits per heavy atom. The molecule has 0 radical (unpaired) electrons. The molecule has 0 spiro atoms. The van der Waals surface area contributed by atoms with Gasteiger partial charge in [0.05, 0.1) is 67.2 Å². The maximum absolute atomic E-state index is 13.3. The van der Waals surface area contributed by atoms with Crippen LogP contribution in [0, 0.1) is 34.0 Å². The smallest absolute Gasteiger partial charge is 0.244 e.